The van der Waals surface area contributed by atoms with Crippen molar-refractivity contribution in [1.29, 1.82) is 0 Å². The molecule has 18 heavy (non-hydrogen) atoms. The van der Waals surface area contributed by atoms with Crippen molar-refractivity contribution in [3.63, 3.8) is 0 Å². The van der Waals surface area contributed by atoms with Gasteiger partial charge in [0.15, 0.2) is 0 Å². The Labute approximate surface area is 106 Å². The Bertz CT molecular complexity index is 581. The van der Waals surface area contributed by atoms with Crippen LogP contribution in [-0.2, 0) is 0 Å². The fourth-order valence-corrected chi connectivity index (χ4v) is 1.86. The summed E-state index contributed by atoms with van der Waals surface area (Å²) in [5.41, 5.74) is 2.20. The minimum Gasteiger partial charge on any atom is -0.354 e. The number of H-pyrrole nitrogens is 1. The molecule has 0 atom stereocenters. The Morgan fingerprint density at radius 1 is 0.778 bits per heavy atom. The molecule has 90 valence electrons. The van der Waals surface area contributed by atoms with Gasteiger partial charge in [0.25, 0.3) is 0 Å². The molecule has 0 bridgehead atoms. The fraction of sp³-hybridized carbons (Fsp3) is 0. The largest absolute Gasteiger partial charge is 0.354 e. The third-order valence-electron chi connectivity index (χ3n) is 2.75. The Morgan fingerprint density at radius 3 is 2.06 bits per heavy atom. The van der Waals surface area contributed by atoms with Crippen molar-refractivity contribution in [2.45, 2.75) is 0 Å². The monoisotopic (exact) mass is 236 g/mol. The molecule has 3 aromatic rings. The van der Waals surface area contributed by atoms with E-state index in [2.05, 4.69) is 29.5 Å². The van der Waals surface area contributed by atoms with Crippen molar-refractivity contribution >= 4 is 0 Å². The number of aromatic amines is 1. The minimum atomic E-state index is 1.10. The molecule has 2 aromatic carbocycles. The van der Waals surface area contributed by atoms with Crippen LogP contribution in [0.3, 0.4) is 0 Å². The zero-order valence-electron chi connectivity index (χ0n) is 9.90. The molecular weight excluding hydrogens is 222 g/mol. The second kappa shape index (κ2) is 4.75. The molecule has 0 saturated carbocycles. The number of rotatable bonds is 2. The Morgan fingerprint density at radius 2 is 1.39 bits per heavy atom. The quantitative estimate of drug-likeness (QED) is 0.660. The summed E-state index contributed by atoms with van der Waals surface area (Å²) in [5, 5.41) is 3.31. The van der Waals surface area contributed by atoms with Crippen LogP contribution >= 0.6 is 0 Å². The molecule has 1 N–H and O–H groups in total. The van der Waals surface area contributed by atoms with Gasteiger partial charge in [-0.1, -0.05) is 60.9 Å². The van der Waals surface area contributed by atoms with Gasteiger partial charge in [0.05, 0.1) is 0 Å². The average molecular weight is 236 g/mol. The first-order valence-electron chi connectivity index (χ1n) is 5.90. The standard InChI is InChI=1S/C15H14N3/c1-3-8-14(9-4-1)17-12-7-13-18(16-17)15-10-5-2-6-11-15/h1-13,16H/q-1. The summed E-state index contributed by atoms with van der Waals surface area (Å²) in [6.45, 7) is 0. The van der Waals surface area contributed by atoms with Gasteiger partial charge < -0.3 is 9.36 Å². The first-order valence-corrected chi connectivity index (χ1v) is 5.90. The zero-order chi connectivity index (χ0) is 12.2. The lowest BCUT2D eigenvalue weighted by Crippen LogP contribution is -2.09. The molecule has 0 amide bonds. The van der Waals surface area contributed by atoms with E-state index in [1.807, 2.05) is 64.2 Å². The molecule has 0 saturated heterocycles. The van der Waals surface area contributed by atoms with Crippen molar-refractivity contribution in [3.05, 3.63) is 79.1 Å². The molecule has 1 heterocycles. The number of hydrogen-bond acceptors (Lipinski definition) is 0. The average Bonchev–Trinajstić information content (AvgIpc) is 2.49. The van der Waals surface area contributed by atoms with E-state index >= 15 is 0 Å². The number of aromatic nitrogens is 3. The topological polar surface area (TPSA) is 25.6 Å². The van der Waals surface area contributed by atoms with Gasteiger partial charge in [-0.15, -0.1) is 6.07 Å². The van der Waals surface area contributed by atoms with Crippen LogP contribution < -0.4 is 0 Å². The highest BCUT2D eigenvalue weighted by atomic mass is 15.5. The summed E-state index contributed by atoms with van der Waals surface area (Å²) in [4.78, 5) is 0. The maximum absolute atomic E-state index is 3.31. The SMILES string of the molecule is c1ccc(-n2cc[cH-]n(-c3ccccc3)[nH]2)cc1. The molecule has 3 heteroatoms. The van der Waals surface area contributed by atoms with E-state index in [0.717, 1.165) is 11.4 Å². The second-order valence-electron chi connectivity index (χ2n) is 4.00. The van der Waals surface area contributed by atoms with Gasteiger partial charge in [0, 0.05) is 5.69 Å². The van der Waals surface area contributed by atoms with E-state index in [9.17, 15) is 0 Å². The first kappa shape index (κ1) is 10.6. The van der Waals surface area contributed by atoms with Gasteiger partial charge in [0.2, 0.25) is 0 Å². The highest BCUT2D eigenvalue weighted by molar-refractivity contribution is 5.31. The summed E-state index contributed by atoms with van der Waals surface area (Å²) >= 11 is 0. The fourth-order valence-electron chi connectivity index (χ4n) is 1.86. The predicted octanol–water partition coefficient (Wildman–Crippen LogP) is 3.44. The van der Waals surface area contributed by atoms with Gasteiger partial charge in [-0.05, 0) is 17.8 Å². The Kier molecular flexibility index (Phi) is 2.80. The third kappa shape index (κ3) is 2.11. The zero-order valence-corrected chi connectivity index (χ0v) is 9.90. The summed E-state index contributed by atoms with van der Waals surface area (Å²) in [7, 11) is 0. The summed E-state index contributed by atoms with van der Waals surface area (Å²) in [6, 6.07) is 22.4. The van der Waals surface area contributed by atoms with Crippen molar-refractivity contribution in [1.82, 2.24) is 14.6 Å². The van der Waals surface area contributed by atoms with Crippen LogP contribution in [0.4, 0.5) is 0 Å². The number of para-hydroxylation sites is 2. The highest BCUT2D eigenvalue weighted by Gasteiger charge is 1.90. The molecular formula is C15H14N3-. The van der Waals surface area contributed by atoms with Gasteiger partial charge in [-0.2, -0.15) is 0 Å². The van der Waals surface area contributed by atoms with Crippen LogP contribution in [0.15, 0.2) is 79.1 Å². The Balaban J connectivity index is 2.05. The Hall–Kier alpha value is -2.55. The number of benzene rings is 2. The summed E-state index contributed by atoms with van der Waals surface area (Å²) in [6.07, 6.45) is 3.99. The summed E-state index contributed by atoms with van der Waals surface area (Å²) < 4.78 is 3.96. The van der Waals surface area contributed by atoms with E-state index in [0.29, 0.717) is 0 Å². The van der Waals surface area contributed by atoms with Gasteiger partial charge >= 0.3 is 0 Å². The van der Waals surface area contributed by atoms with E-state index in [1.165, 1.54) is 0 Å². The van der Waals surface area contributed by atoms with Crippen LogP contribution in [0.5, 0.6) is 0 Å². The number of hydrogen-bond donors (Lipinski definition) is 1. The molecule has 0 spiro atoms. The normalized spacial score (nSPS) is 10.2. The van der Waals surface area contributed by atoms with Crippen LogP contribution in [0.2, 0.25) is 0 Å². The minimum absolute atomic E-state index is 1.10. The van der Waals surface area contributed by atoms with Crippen LogP contribution in [0.1, 0.15) is 0 Å². The molecule has 1 aromatic heterocycles. The van der Waals surface area contributed by atoms with Gasteiger partial charge in [-0.3, -0.25) is 5.21 Å². The first-order chi connectivity index (χ1) is 8.93. The van der Waals surface area contributed by atoms with E-state index in [4.69, 9.17) is 0 Å². The van der Waals surface area contributed by atoms with Crippen LogP contribution in [0, 0.1) is 0 Å². The van der Waals surface area contributed by atoms with Crippen molar-refractivity contribution in [3.8, 4) is 11.4 Å². The third-order valence-corrected chi connectivity index (χ3v) is 2.75. The van der Waals surface area contributed by atoms with Crippen LogP contribution in [0.25, 0.3) is 11.4 Å². The summed E-state index contributed by atoms with van der Waals surface area (Å²) in [5.74, 6) is 0. The predicted molar refractivity (Wildman–Crippen MR) is 72.7 cm³/mol. The molecule has 0 aliphatic carbocycles. The molecule has 0 aliphatic heterocycles. The van der Waals surface area contributed by atoms with Crippen molar-refractivity contribution < 1.29 is 0 Å². The lowest BCUT2D eigenvalue weighted by atomic mass is 10.3. The molecule has 3 rings (SSSR count). The maximum atomic E-state index is 3.31. The molecule has 0 aliphatic rings. The molecule has 0 unspecified atom stereocenters. The van der Waals surface area contributed by atoms with Crippen molar-refractivity contribution in [2.75, 3.05) is 0 Å². The van der Waals surface area contributed by atoms with Crippen molar-refractivity contribution in [2.24, 2.45) is 0 Å². The highest BCUT2D eigenvalue weighted by Crippen LogP contribution is 2.07. The number of nitrogens with zero attached hydrogens (tertiary/aromatic N) is 2. The second-order valence-corrected chi connectivity index (χ2v) is 4.00. The van der Waals surface area contributed by atoms with Crippen LogP contribution in [-0.4, -0.2) is 14.6 Å². The smallest absolute Gasteiger partial charge is 0.0499 e. The lowest BCUT2D eigenvalue weighted by molar-refractivity contribution is 0.662. The molecule has 0 fully saturated rings. The van der Waals surface area contributed by atoms with E-state index in [-0.39, 0.29) is 0 Å². The maximum Gasteiger partial charge on any atom is 0.0499 e. The molecule has 3 nitrogen and oxygen atoms in total. The number of nitrogens with one attached hydrogen (secondary N) is 1. The van der Waals surface area contributed by atoms with E-state index in [1.54, 1.807) is 0 Å². The lowest BCUT2D eigenvalue weighted by Gasteiger charge is -2.19. The van der Waals surface area contributed by atoms with E-state index < -0.39 is 0 Å². The van der Waals surface area contributed by atoms with Gasteiger partial charge in [0.1, 0.15) is 0 Å². The van der Waals surface area contributed by atoms with Gasteiger partial charge in [-0.25, -0.2) is 0 Å². The molecule has 0 radical (unpaired) electrons.